The maximum atomic E-state index is 12.0. The number of hydrogen-bond acceptors (Lipinski definition) is 3. The highest BCUT2D eigenvalue weighted by molar-refractivity contribution is 5.84. The van der Waals surface area contributed by atoms with Crippen LogP contribution in [0.2, 0.25) is 0 Å². The minimum atomic E-state index is -0.830. The van der Waals surface area contributed by atoms with E-state index in [0.717, 1.165) is 18.4 Å². The molecule has 1 aliphatic carbocycles. The van der Waals surface area contributed by atoms with Gasteiger partial charge in [-0.15, -0.1) is 0 Å². The molecule has 5 nitrogen and oxygen atoms in total. The quantitative estimate of drug-likeness (QED) is 0.759. The van der Waals surface area contributed by atoms with Crippen molar-refractivity contribution in [2.75, 3.05) is 6.54 Å². The Kier molecular flexibility index (Phi) is 4.39. The summed E-state index contributed by atoms with van der Waals surface area (Å²) in [5.41, 5.74) is 5.79. The van der Waals surface area contributed by atoms with Gasteiger partial charge in [0.1, 0.15) is 6.04 Å². The molecular formula is C15H20N2O3. The molecule has 1 aromatic rings. The van der Waals surface area contributed by atoms with Crippen LogP contribution in [0.1, 0.15) is 37.3 Å². The normalized spacial score (nSPS) is 18.4. The molecule has 4 N–H and O–H groups in total. The van der Waals surface area contributed by atoms with Crippen LogP contribution in [-0.2, 0) is 9.59 Å². The first-order valence-corrected chi connectivity index (χ1v) is 6.87. The minimum Gasteiger partial charge on any atom is -0.481 e. The van der Waals surface area contributed by atoms with E-state index in [1.165, 1.54) is 0 Å². The highest BCUT2D eigenvalue weighted by atomic mass is 16.4. The molecule has 0 aromatic heterocycles. The minimum absolute atomic E-state index is 0.154. The lowest BCUT2D eigenvalue weighted by molar-refractivity contribution is -0.148. The molecule has 1 amide bonds. The van der Waals surface area contributed by atoms with Crippen LogP contribution in [0.3, 0.4) is 0 Å². The van der Waals surface area contributed by atoms with Gasteiger partial charge < -0.3 is 16.2 Å². The van der Waals surface area contributed by atoms with E-state index in [-0.39, 0.29) is 12.5 Å². The smallest absolute Gasteiger partial charge is 0.311 e. The second-order valence-electron chi connectivity index (χ2n) is 5.40. The molecule has 0 saturated heterocycles. The number of nitrogens with one attached hydrogen (secondary N) is 1. The lowest BCUT2D eigenvalue weighted by atomic mass is 9.86. The second-order valence-corrected chi connectivity index (χ2v) is 5.40. The van der Waals surface area contributed by atoms with Crippen LogP contribution >= 0.6 is 0 Å². The molecule has 108 valence electrons. The Morgan fingerprint density at radius 3 is 2.40 bits per heavy atom. The van der Waals surface area contributed by atoms with E-state index in [1.807, 2.05) is 18.2 Å². The van der Waals surface area contributed by atoms with Crippen LogP contribution in [-0.4, -0.2) is 23.5 Å². The molecule has 1 atom stereocenters. The average molecular weight is 276 g/mol. The predicted octanol–water partition coefficient (Wildman–Crippen LogP) is 1.45. The summed E-state index contributed by atoms with van der Waals surface area (Å²) in [6.45, 7) is 0.154. The standard InChI is InChI=1S/C15H20N2O3/c16-12(11-6-2-1-3-7-11)13(18)17-10-15(14(19)20)8-4-5-9-15/h1-3,6-7,12H,4-5,8-10,16H2,(H,17,18)(H,19,20). The Hall–Kier alpha value is -1.88. The molecule has 1 aromatic carbocycles. The van der Waals surface area contributed by atoms with Crippen molar-refractivity contribution in [3.8, 4) is 0 Å². The topological polar surface area (TPSA) is 92.4 Å². The zero-order chi connectivity index (χ0) is 14.6. The number of amides is 1. The van der Waals surface area contributed by atoms with E-state index >= 15 is 0 Å². The fourth-order valence-corrected chi connectivity index (χ4v) is 2.70. The third kappa shape index (κ3) is 2.99. The first-order chi connectivity index (χ1) is 9.55. The predicted molar refractivity (Wildman–Crippen MR) is 74.9 cm³/mol. The van der Waals surface area contributed by atoms with Crippen LogP contribution in [0.15, 0.2) is 30.3 Å². The Bertz CT molecular complexity index is 481. The van der Waals surface area contributed by atoms with Gasteiger partial charge in [-0.3, -0.25) is 9.59 Å². The number of carboxylic acid groups (broad SMARTS) is 1. The molecule has 1 unspecified atom stereocenters. The lowest BCUT2D eigenvalue weighted by Crippen LogP contribution is -2.44. The molecule has 2 rings (SSSR count). The molecule has 20 heavy (non-hydrogen) atoms. The number of carbonyl (C=O) groups excluding carboxylic acids is 1. The maximum Gasteiger partial charge on any atom is 0.311 e. The number of carbonyl (C=O) groups is 2. The van der Waals surface area contributed by atoms with E-state index in [2.05, 4.69) is 5.32 Å². The highest BCUT2D eigenvalue weighted by Gasteiger charge is 2.41. The summed E-state index contributed by atoms with van der Waals surface area (Å²) >= 11 is 0. The Morgan fingerprint density at radius 1 is 1.25 bits per heavy atom. The van der Waals surface area contributed by atoms with Crippen molar-refractivity contribution in [2.45, 2.75) is 31.7 Å². The monoisotopic (exact) mass is 276 g/mol. The van der Waals surface area contributed by atoms with Gasteiger partial charge in [-0.1, -0.05) is 43.2 Å². The zero-order valence-electron chi connectivity index (χ0n) is 11.3. The highest BCUT2D eigenvalue weighted by Crippen LogP contribution is 2.37. The number of aliphatic carboxylic acids is 1. The van der Waals surface area contributed by atoms with Gasteiger partial charge in [0.05, 0.1) is 5.41 Å². The van der Waals surface area contributed by atoms with Crippen molar-refractivity contribution in [1.82, 2.24) is 5.32 Å². The van der Waals surface area contributed by atoms with Gasteiger partial charge in [0.25, 0.3) is 0 Å². The van der Waals surface area contributed by atoms with Gasteiger partial charge in [-0.05, 0) is 18.4 Å². The van der Waals surface area contributed by atoms with Gasteiger partial charge in [0.2, 0.25) is 5.91 Å². The van der Waals surface area contributed by atoms with Gasteiger partial charge >= 0.3 is 5.97 Å². The fourth-order valence-electron chi connectivity index (χ4n) is 2.70. The Morgan fingerprint density at radius 2 is 1.85 bits per heavy atom. The van der Waals surface area contributed by atoms with Crippen LogP contribution < -0.4 is 11.1 Å². The van der Waals surface area contributed by atoms with Crippen molar-refractivity contribution < 1.29 is 14.7 Å². The van der Waals surface area contributed by atoms with Crippen LogP contribution in [0.5, 0.6) is 0 Å². The first kappa shape index (κ1) is 14.5. The van der Waals surface area contributed by atoms with E-state index in [0.29, 0.717) is 12.8 Å². The number of rotatable bonds is 5. The molecular weight excluding hydrogens is 256 g/mol. The molecule has 0 radical (unpaired) electrons. The van der Waals surface area contributed by atoms with E-state index in [1.54, 1.807) is 12.1 Å². The maximum absolute atomic E-state index is 12.0. The summed E-state index contributed by atoms with van der Waals surface area (Å²) in [5, 5.41) is 12.0. The molecule has 1 saturated carbocycles. The first-order valence-electron chi connectivity index (χ1n) is 6.87. The summed E-state index contributed by atoms with van der Waals surface area (Å²) in [5.74, 6) is -1.16. The third-order valence-corrected chi connectivity index (χ3v) is 4.06. The largest absolute Gasteiger partial charge is 0.481 e. The summed E-state index contributed by atoms with van der Waals surface area (Å²) in [6.07, 6.45) is 3.02. The van der Waals surface area contributed by atoms with Gasteiger partial charge in [0.15, 0.2) is 0 Å². The van der Waals surface area contributed by atoms with Crippen molar-refractivity contribution in [1.29, 1.82) is 0 Å². The summed E-state index contributed by atoms with van der Waals surface area (Å²) < 4.78 is 0. The van der Waals surface area contributed by atoms with E-state index in [9.17, 15) is 14.7 Å². The SMILES string of the molecule is NC(C(=O)NCC1(C(=O)O)CCCC1)c1ccccc1. The molecule has 5 heteroatoms. The van der Waals surface area contributed by atoms with Gasteiger partial charge in [0, 0.05) is 6.54 Å². The van der Waals surface area contributed by atoms with E-state index < -0.39 is 17.4 Å². The van der Waals surface area contributed by atoms with Crippen LogP contribution in [0, 0.1) is 5.41 Å². The van der Waals surface area contributed by atoms with Crippen LogP contribution in [0.4, 0.5) is 0 Å². The van der Waals surface area contributed by atoms with Gasteiger partial charge in [-0.2, -0.15) is 0 Å². The zero-order valence-corrected chi connectivity index (χ0v) is 11.3. The van der Waals surface area contributed by atoms with Crippen molar-refractivity contribution in [3.63, 3.8) is 0 Å². The lowest BCUT2D eigenvalue weighted by Gasteiger charge is -2.25. The molecule has 1 aliphatic rings. The third-order valence-electron chi connectivity index (χ3n) is 4.06. The van der Waals surface area contributed by atoms with Crippen LogP contribution in [0.25, 0.3) is 0 Å². The Balaban J connectivity index is 1.96. The molecule has 0 aliphatic heterocycles. The van der Waals surface area contributed by atoms with Gasteiger partial charge in [-0.25, -0.2) is 0 Å². The summed E-state index contributed by atoms with van der Waals surface area (Å²) in [4.78, 5) is 23.4. The average Bonchev–Trinajstić information content (AvgIpc) is 2.95. The van der Waals surface area contributed by atoms with Crippen molar-refractivity contribution in [3.05, 3.63) is 35.9 Å². The number of hydrogen-bond donors (Lipinski definition) is 3. The molecule has 1 fully saturated rings. The Labute approximate surface area is 118 Å². The van der Waals surface area contributed by atoms with Crippen molar-refractivity contribution >= 4 is 11.9 Å². The second kappa shape index (κ2) is 6.05. The fraction of sp³-hybridized carbons (Fsp3) is 0.467. The molecule has 0 bridgehead atoms. The van der Waals surface area contributed by atoms with E-state index in [4.69, 9.17) is 5.73 Å². The number of benzene rings is 1. The number of nitrogens with two attached hydrogens (primary N) is 1. The molecule has 0 spiro atoms. The molecule has 0 heterocycles. The van der Waals surface area contributed by atoms with Crippen molar-refractivity contribution in [2.24, 2.45) is 11.1 Å². The number of carboxylic acids is 1. The summed E-state index contributed by atoms with van der Waals surface area (Å²) in [6, 6.07) is 8.30. The summed E-state index contributed by atoms with van der Waals surface area (Å²) in [7, 11) is 0.